The molecule has 0 bridgehead atoms. The van der Waals surface area contributed by atoms with Gasteiger partial charge in [0.15, 0.2) is 0 Å². The first-order valence-corrected chi connectivity index (χ1v) is 5.94. The van der Waals surface area contributed by atoms with Crippen molar-refractivity contribution in [3.8, 4) is 0 Å². The number of carbonyl (C=O) groups is 1. The summed E-state index contributed by atoms with van der Waals surface area (Å²) in [7, 11) is 1.61. The van der Waals surface area contributed by atoms with Crippen LogP contribution >= 0.6 is 0 Å². The number of hydrogen-bond donors (Lipinski definition) is 1. The zero-order valence-electron chi connectivity index (χ0n) is 10.7. The van der Waals surface area contributed by atoms with E-state index in [2.05, 4.69) is 10.3 Å². The molecule has 1 amide bonds. The molecule has 2 rings (SSSR count). The zero-order chi connectivity index (χ0) is 13.0. The quantitative estimate of drug-likeness (QED) is 0.844. The van der Waals surface area contributed by atoms with Crippen molar-refractivity contribution in [2.75, 3.05) is 26.9 Å². The smallest absolute Gasteiger partial charge is 0.231 e. The number of amides is 1. The lowest BCUT2D eigenvalue weighted by Gasteiger charge is -2.37. The van der Waals surface area contributed by atoms with Gasteiger partial charge in [0.05, 0.1) is 37.0 Å². The van der Waals surface area contributed by atoms with Crippen LogP contribution in [-0.2, 0) is 14.3 Å². The van der Waals surface area contributed by atoms with Crippen LogP contribution < -0.4 is 5.32 Å². The van der Waals surface area contributed by atoms with Crippen molar-refractivity contribution >= 4 is 5.91 Å². The van der Waals surface area contributed by atoms with Crippen LogP contribution in [0.2, 0.25) is 0 Å². The molecule has 5 heteroatoms. The lowest BCUT2D eigenvalue weighted by molar-refractivity contribution is -0.158. The summed E-state index contributed by atoms with van der Waals surface area (Å²) in [6, 6.07) is 5.40. The Morgan fingerprint density at radius 2 is 2.39 bits per heavy atom. The fraction of sp³-hybridized carbons (Fsp3) is 0.538. The maximum Gasteiger partial charge on any atom is 0.231 e. The van der Waals surface area contributed by atoms with E-state index in [0.717, 1.165) is 5.69 Å². The highest BCUT2D eigenvalue weighted by Crippen LogP contribution is 2.27. The summed E-state index contributed by atoms with van der Waals surface area (Å²) in [6.45, 7) is 3.25. The SMILES string of the molecule is COC[C@@H](NC(=O)C1(C)COC1)c1ccccn1. The monoisotopic (exact) mass is 250 g/mol. The Morgan fingerprint density at radius 3 is 2.89 bits per heavy atom. The summed E-state index contributed by atoms with van der Waals surface area (Å²) in [5.74, 6) is -0.0125. The van der Waals surface area contributed by atoms with Crippen molar-refractivity contribution in [3.05, 3.63) is 30.1 Å². The molecule has 0 radical (unpaired) electrons. The van der Waals surface area contributed by atoms with E-state index in [1.165, 1.54) is 0 Å². The van der Waals surface area contributed by atoms with Gasteiger partial charge in [0.1, 0.15) is 0 Å². The summed E-state index contributed by atoms with van der Waals surface area (Å²) < 4.78 is 10.2. The molecule has 2 heterocycles. The van der Waals surface area contributed by atoms with Crippen molar-refractivity contribution in [1.82, 2.24) is 10.3 Å². The van der Waals surface area contributed by atoms with E-state index < -0.39 is 5.41 Å². The third-order valence-electron chi connectivity index (χ3n) is 3.07. The van der Waals surface area contributed by atoms with E-state index in [1.807, 2.05) is 25.1 Å². The number of nitrogens with one attached hydrogen (secondary N) is 1. The van der Waals surface area contributed by atoms with Crippen LogP contribution in [0.3, 0.4) is 0 Å². The highest BCUT2D eigenvalue weighted by molar-refractivity contribution is 5.83. The number of pyridine rings is 1. The Balaban J connectivity index is 2.05. The molecular formula is C13H18N2O3. The van der Waals surface area contributed by atoms with Gasteiger partial charge in [0, 0.05) is 13.3 Å². The van der Waals surface area contributed by atoms with Crippen LogP contribution in [0.25, 0.3) is 0 Å². The van der Waals surface area contributed by atoms with Crippen LogP contribution in [0, 0.1) is 5.41 Å². The number of carbonyl (C=O) groups excluding carboxylic acids is 1. The first-order valence-electron chi connectivity index (χ1n) is 5.94. The maximum atomic E-state index is 12.1. The number of rotatable bonds is 5. The molecule has 1 aliphatic rings. The number of nitrogens with zero attached hydrogens (tertiary/aromatic N) is 1. The second-order valence-electron chi connectivity index (χ2n) is 4.79. The van der Waals surface area contributed by atoms with Gasteiger partial charge in [-0.1, -0.05) is 6.07 Å². The van der Waals surface area contributed by atoms with Crippen molar-refractivity contribution in [1.29, 1.82) is 0 Å². The summed E-state index contributed by atoms with van der Waals surface area (Å²) in [5.41, 5.74) is 0.386. The molecule has 1 fully saturated rings. The second-order valence-corrected chi connectivity index (χ2v) is 4.79. The van der Waals surface area contributed by atoms with Gasteiger partial charge in [0.2, 0.25) is 5.91 Å². The topological polar surface area (TPSA) is 60.5 Å². The summed E-state index contributed by atoms with van der Waals surface area (Å²) in [5, 5.41) is 2.97. The average Bonchev–Trinajstić information content (AvgIpc) is 2.36. The van der Waals surface area contributed by atoms with E-state index in [0.29, 0.717) is 19.8 Å². The Bertz CT molecular complexity index is 404. The fourth-order valence-electron chi connectivity index (χ4n) is 1.82. The minimum atomic E-state index is -0.416. The van der Waals surface area contributed by atoms with Crippen LogP contribution in [-0.4, -0.2) is 37.8 Å². The van der Waals surface area contributed by atoms with Crippen molar-refractivity contribution in [2.45, 2.75) is 13.0 Å². The molecule has 1 aliphatic heterocycles. The Morgan fingerprint density at radius 1 is 1.61 bits per heavy atom. The third-order valence-corrected chi connectivity index (χ3v) is 3.07. The van der Waals surface area contributed by atoms with Gasteiger partial charge < -0.3 is 14.8 Å². The Hall–Kier alpha value is -1.46. The molecule has 5 nitrogen and oxygen atoms in total. The molecule has 0 saturated carbocycles. The van der Waals surface area contributed by atoms with Crippen molar-refractivity contribution in [2.24, 2.45) is 5.41 Å². The molecule has 0 aliphatic carbocycles. The normalized spacial score (nSPS) is 18.8. The van der Waals surface area contributed by atoms with Gasteiger partial charge in [-0.3, -0.25) is 9.78 Å². The number of methoxy groups -OCH3 is 1. The first-order chi connectivity index (χ1) is 8.65. The van der Waals surface area contributed by atoms with Crippen LogP contribution in [0.5, 0.6) is 0 Å². The minimum Gasteiger partial charge on any atom is -0.382 e. The van der Waals surface area contributed by atoms with E-state index in [-0.39, 0.29) is 11.9 Å². The van der Waals surface area contributed by atoms with E-state index in [1.54, 1.807) is 13.3 Å². The molecule has 18 heavy (non-hydrogen) atoms. The van der Waals surface area contributed by atoms with Gasteiger partial charge in [-0.2, -0.15) is 0 Å². The van der Waals surface area contributed by atoms with Gasteiger partial charge in [-0.25, -0.2) is 0 Å². The zero-order valence-corrected chi connectivity index (χ0v) is 10.7. The molecule has 1 aromatic rings. The molecule has 1 atom stereocenters. The van der Waals surface area contributed by atoms with Crippen molar-refractivity contribution < 1.29 is 14.3 Å². The molecule has 0 aromatic carbocycles. The largest absolute Gasteiger partial charge is 0.382 e. The number of hydrogen-bond acceptors (Lipinski definition) is 4. The van der Waals surface area contributed by atoms with Gasteiger partial charge >= 0.3 is 0 Å². The van der Waals surface area contributed by atoms with Crippen LogP contribution in [0.15, 0.2) is 24.4 Å². The summed E-state index contributed by atoms with van der Waals surface area (Å²) >= 11 is 0. The molecule has 1 aromatic heterocycles. The van der Waals surface area contributed by atoms with Gasteiger partial charge in [0.25, 0.3) is 0 Å². The number of aromatic nitrogens is 1. The van der Waals surface area contributed by atoms with E-state index >= 15 is 0 Å². The first kappa shape index (κ1) is 13.0. The molecule has 0 unspecified atom stereocenters. The van der Waals surface area contributed by atoms with Crippen LogP contribution in [0.1, 0.15) is 18.7 Å². The lowest BCUT2D eigenvalue weighted by Crippen LogP contribution is -2.53. The molecule has 0 spiro atoms. The molecule has 1 saturated heterocycles. The van der Waals surface area contributed by atoms with E-state index in [4.69, 9.17) is 9.47 Å². The highest BCUT2D eigenvalue weighted by Gasteiger charge is 2.41. The van der Waals surface area contributed by atoms with Gasteiger partial charge in [-0.15, -0.1) is 0 Å². The van der Waals surface area contributed by atoms with E-state index in [9.17, 15) is 4.79 Å². The van der Waals surface area contributed by atoms with Crippen LogP contribution in [0.4, 0.5) is 0 Å². The highest BCUT2D eigenvalue weighted by atomic mass is 16.5. The van der Waals surface area contributed by atoms with Gasteiger partial charge in [-0.05, 0) is 19.1 Å². The minimum absolute atomic E-state index is 0.0125. The molecule has 98 valence electrons. The standard InChI is InChI=1S/C13H18N2O3/c1-13(8-18-9-13)12(16)15-11(7-17-2)10-5-3-4-6-14-10/h3-6,11H,7-9H2,1-2H3,(H,15,16)/t11-/m1/s1. The maximum absolute atomic E-state index is 12.1. The summed E-state index contributed by atoms with van der Waals surface area (Å²) in [4.78, 5) is 16.4. The summed E-state index contributed by atoms with van der Waals surface area (Å²) in [6.07, 6.45) is 1.71. The van der Waals surface area contributed by atoms with Crippen molar-refractivity contribution in [3.63, 3.8) is 0 Å². The lowest BCUT2D eigenvalue weighted by atomic mass is 9.87. The molecular weight excluding hydrogens is 232 g/mol. The predicted molar refractivity (Wildman–Crippen MR) is 65.9 cm³/mol. The third kappa shape index (κ3) is 2.68. The number of ether oxygens (including phenoxy) is 2. The Labute approximate surface area is 107 Å². The second kappa shape index (κ2) is 5.46. The predicted octanol–water partition coefficient (Wildman–Crippen LogP) is 0.922. The fourth-order valence-corrected chi connectivity index (χ4v) is 1.82. The Kier molecular flexibility index (Phi) is 3.93. The molecule has 1 N–H and O–H groups in total. The average molecular weight is 250 g/mol.